The maximum atomic E-state index is 10.7. The Balaban J connectivity index is 2.07. The van der Waals surface area contributed by atoms with Crippen molar-refractivity contribution in [3.8, 4) is 5.75 Å². The van der Waals surface area contributed by atoms with Gasteiger partial charge in [-0.25, -0.2) is 4.79 Å². The van der Waals surface area contributed by atoms with E-state index in [1.54, 1.807) is 30.4 Å². The molecule has 1 heterocycles. The monoisotopic (exact) mass is 249 g/mol. The van der Waals surface area contributed by atoms with Gasteiger partial charge in [-0.3, -0.25) is 4.99 Å². The molecule has 88 valence electrons. The quantitative estimate of drug-likeness (QED) is 0.859. The summed E-state index contributed by atoms with van der Waals surface area (Å²) in [5.74, 6) is -0.204. The predicted octanol–water partition coefficient (Wildman–Crippen LogP) is 2.00. The minimum atomic E-state index is -0.891. The highest BCUT2D eigenvalue weighted by molar-refractivity contribution is 8.14. The number of rotatable bonds is 3. The molecule has 4 nitrogen and oxygen atoms in total. The molecule has 0 spiro atoms. The van der Waals surface area contributed by atoms with Gasteiger partial charge in [0.15, 0.2) is 6.04 Å². The summed E-state index contributed by atoms with van der Waals surface area (Å²) < 4.78 is 0. The van der Waals surface area contributed by atoms with Crippen LogP contribution in [0.1, 0.15) is 5.56 Å². The molecule has 0 bridgehead atoms. The van der Waals surface area contributed by atoms with E-state index in [4.69, 9.17) is 5.11 Å². The molecule has 0 radical (unpaired) electrons. The Morgan fingerprint density at radius 1 is 1.47 bits per heavy atom. The summed E-state index contributed by atoms with van der Waals surface area (Å²) in [6.07, 6.45) is 3.57. The fourth-order valence-electron chi connectivity index (χ4n) is 1.41. The predicted molar refractivity (Wildman–Crippen MR) is 68.5 cm³/mol. The van der Waals surface area contributed by atoms with Crippen molar-refractivity contribution < 1.29 is 15.0 Å². The maximum absolute atomic E-state index is 10.7. The van der Waals surface area contributed by atoms with E-state index in [9.17, 15) is 9.90 Å². The average Bonchev–Trinajstić information content (AvgIpc) is 2.75. The third kappa shape index (κ3) is 3.10. The van der Waals surface area contributed by atoms with E-state index < -0.39 is 12.0 Å². The SMILES string of the molecule is O=C(O)[C@H]1CSC(C=Cc2cccc(O)c2)=N1. The number of phenolic OH excluding ortho intramolecular Hbond substituents is 1. The van der Waals surface area contributed by atoms with Gasteiger partial charge in [-0.15, -0.1) is 11.8 Å². The zero-order chi connectivity index (χ0) is 12.3. The van der Waals surface area contributed by atoms with Gasteiger partial charge in [0.05, 0.1) is 5.04 Å². The average molecular weight is 249 g/mol. The summed E-state index contributed by atoms with van der Waals surface area (Å²) in [5.41, 5.74) is 0.854. The number of thioether (sulfide) groups is 1. The Hall–Kier alpha value is -1.75. The van der Waals surface area contributed by atoms with Crippen LogP contribution >= 0.6 is 11.8 Å². The van der Waals surface area contributed by atoms with Crippen LogP contribution in [-0.2, 0) is 4.79 Å². The molecule has 17 heavy (non-hydrogen) atoms. The number of aliphatic imine (C=N–C) groups is 1. The largest absolute Gasteiger partial charge is 0.508 e. The van der Waals surface area contributed by atoms with Crippen molar-refractivity contribution in [2.45, 2.75) is 6.04 Å². The number of carboxylic acid groups (broad SMARTS) is 1. The van der Waals surface area contributed by atoms with Crippen LogP contribution in [0.5, 0.6) is 5.75 Å². The minimum absolute atomic E-state index is 0.205. The Labute approximate surface area is 103 Å². The lowest BCUT2D eigenvalue weighted by Gasteiger charge is -1.94. The normalized spacial score (nSPS) is 19.5. The summed E-state index contributed by atoms with van der Waals surface area (Å²) in [6, 6.07) is 6.19. The summed E-state index contributed by atoms with van der Waals surface area (Å²) in [6.45, 7) is 0. The molecule has 0 unspecified atom stereocenters. The summed E-state index contributed by atoms with van der Waals surface area (Å²) >= 11 is 1.42. The van der Waals surface area contributed by atoms with Crippen LogP contribution in [0.3, 0.4) is 0 Å². The van der Waals surface area contributed by atoms with E-state index in [1.807, 2.05) is 6.07 Å². The second-order valence-electron chi connectivity index (χ2n) is 3.56. The first-order valence-electron chi connectivity index (χ1n) is 5.05. The van der Waals surface area contributed by atoms with Crippen LogP contribution in [0, 0.1) is 0 Å². The van der Waals surface area contributed by atoms with Crippen molar-refractivity contribution in [2.24, 2.45) is 4.99 Å². The lowest BCUT2D eigenvalue weighted by atomic mass is 10.2. The van der Waals surface area contributed by atoms with Gasteiger partial charge < -0.3 is 10.2 Å². The molecule has 0 amide bonds. The Kier molecular flexibility index (Phi) is 3.49. The van der Waals surface area contributed by atoms with Crippen molar-refractivity contribution in [1.29, 1.82) is 0 Å². The zero-order valence-electron chi connectivity index (χ0n) is 8.91. The molecule has 0 saturated heterocycles. The van der Waals surface area contributed by atoms with Crippen LogP contribution in [-0.4, -0.2) is 33.0 Å². The molecule has 2 N–H and O–H groups in total. The molecule has 1 atom stereocenters. The smallest absolute Gasteiger partial charge is 0.329 e. The molecular formula is C12H11NO3S. The van der Waals surface area contributed by atoms with Gasteiger partial charge in [0.1, 0.15) is 5.75 Å². The van der Waals surface area contributed by atoms with Crippen LogP contribution in [0.2, 0.25) is 0 Å². The Morgan fingerprint density at radius 3 is 2.94 bits per heavy atom. The molecular weight excluding hydrogens is 238 g/mol. The lowest BCUT2D eigenvalue weighted by molar-refractivity contribution is -0.137. The second kappa shape index (κ2) is 5.05. The van der Waals surface area contributed by atoms with Crippen molar-refractivity contribution in [3.63, 3.8) is 0 Å². The van der Waals surface area contributed by atoms with E-state index in [1.165, 1.54) is 11.8 Å². The molecule has 0 aliphatic carbocycles. The third-order valence-electron chi connectivity index (χ3n) is 2.25. The van der Waals surface area contributed by atoms with Crippen molar-refractivity contribution in [1.82, 2.24) is 0 Å². The minimum Gasteiger partial charge on any atom is -0.508 e. The van der Waals surface area contributed by atoms with Crippen molar-refractivity contribution in [3.05, 3.63) is 35.9 Å². The van der Waals surface area contributed by atoms with Gasteiger partial charge in [0.2, 0.25) is 0 Å². The number of nitrogens with zero attached hydrogens (tertiary/aromatic N) is 1. The second-order valence-corrected chi connectivity index (χ2v) is 4.60. The maximum Gasteiger partial charge on any atom is 0.329 e. The number of phenols is 1. The summed E-state index contributed by atoms with van der Waals surface area (Å²) in [4.78, 5) is 14.7. The molecule has 0 saturated carbocycles. The zero-order valence-corrected chi connectivity index (χ0v) is 9.72. The van der Waals surface area contributed by atoms with E-state index in [0.717, 1.165) is 5.56 Å². The molecule has 5 heteroatoms. The highest BCUT2D eigenvalue weighted by Crippen LogP contribution is 2.20. The number of hydrogen-bond acceptors (Lipinski definition) is 4. The van der Waals surface area contributed by atoms with E-state index in [2.05, 4.69) is 4.99 Å². The lowest BCUT2D eigenvalue weighted by Crippen LogP contribution is -2.16. The molecule has 1 aromatic carbocycles. The molecule has 1 aliphatic rings. The van der Waals surface area contributed by atoms with Gasteiger partial charge in [0, 0.05) is 5.75 Å². The highest BCUT2D eigenvalue weighted by Gasteiger charge is 2.22. The number of benzene rings is 1. The van der Waals surface area contributed by atoms with Crippen molar-refractivity contribution in [2.75, 3.05) is 5.75 Å². The number of carbonyl (C=O) groups is 1. The van der Waals surface area contributed by atoms with Crippen LogP contribution in [0.25, 0.3) is 6.08 Å². The van der Waals surface area contributed by atoms with E-state index in [0.29, 0.717) is 10.8 Å². The van der Waals surface area contributed by atoms with Crippen LogP contribution in [0.15, 0.2) is 35.3 Å². The Morgan fingerprint density at radius 2 is 2.29 bits per heavy atom. The topological polar surface area (TPSA) is 69.9 Å². The van der Waals surface area contributed by atoms with Gasteiger partial charge >= 0.3 is 5.97 Å². The van der Waals surface area contributed by atoms with Gasteiger partial charge in [-0.1, -0.05) is 18.2 Å². The molecule has 1 aromatic rings. The van der Waals surface area contributed by atoms with Crippen LogP contribution in [0.4, 0.5) is 0 Å². The van der Waals surface area contributed by atoms with Gasteiger partial charge in [-0.2, -0.15) is 0 Å². The van der Waals surface area contributed by atoms with Crippen LogP contribution < -0.4 is 0 Å². The number of aromatic hydroxyl groups is 1. The standard InChI is InChI=1S/C12H11NO3S/c14-9-3-1-2-8(6-9)4-5-11-13-10(7-17-11)12(15)16/h1-6,10,14H,7H2,(H,15,16)/t10-/m1/s1. The van der Waals surface area contributed by atoms with Crippen molar-refractivity contribution >= 4 is 28.9 Å². The number of aliphatic carboxylic acids is 1. The summed E-state index contributed by atoms with van der Waals surface area (Å²) in [5, 5.41) is 18.8. The van der Waals surface area contributed by atoms with Gasteiger partial charge in [-0.05, 0) is 23.8 Å². The summed E-state index contributed by atoms with van der Waals surface area (Å²) in [7, 11) is 0. The van der Waals surface area contributed by atoms with E-state index >= 15 is 0 Å². The first kappa shape index (κ1) is 11.7. The number of carboxylic acids is 1. The Bertz CT molecular complexity index is 496. The molecule has 1 aliphatic heterocycles. The molecule has 2 rings (SSSR count). The first-order valence-corrected chi connectivity index (χ1v) is 6.04. The third-order valence-corrected chi connectivity index (χ3v) is 3.27. The fourth-order valence-corrected chi connectivity index (χ4v) is 2.32. The van der Waals surface area contributed by atoms with E-state index in [-0.39, 0.29) is 5.75 Å². The molecule has 0 aromatic heterocycles. The first-order chi connectivity index (χ1) is 8.15. The van der Waals surface area contributed by atoms with Gasteiger partial charge in [0.25, 0.3) is 0 Å². The molecule has 0 fully saturated rings. The highest BCUT2D eigenvalue weighted by atomic mass is 32.2. The number of hydrogen-bond donors (Lipinski definition) is 2. The fraction of sp³-hybridized carbons (Fsp3) is 0.167.